The molecule has 39 heavy (non-hydrogen) atoms. The second-order valence-corrected chi connectivity index (χ2v) is 11.0. The van der Waals surface area contributed by atoms with Gasteiger partial charge < -0.3 is 34.8 Å². The summed E-state index contributed by atoms with van der Waals surface area (Å²) < 4.78 is 10.8. The van der Waals surface area contributed by atoms with Crippen LogP contribution in [-0.4, -0.2) is 90.7 Å². The van der Waals surface area contributed by atoms with E-state index in [1.807, 2.05) is 28.0 Å². The molecule has 5 rings (SSSR count). The van der Waals surface area contributed by atoms with E-state index in [-0.39, 0.29) is 30.4 Å². The molecule has 1 aliphatic carbocycles. The minimum Gasteiger partial charge on any atom is -0.497 e. The Bertz CT molecular complexity index is 1210. The predicted molar refractivity (Wildman–Crippen MR) is 154 cm³/mol. The van der Waals surface area contributed by atoms with Crippen LogP contribution in [-0.2, 0) is 9.59 Å². The second kappa shape index (κ2) is 11.4. The summed E-state index contributed by atoms with van der Waals surface area (Å²) in [4.78, 5) is 34.3. The fourth-order valence-corrected chi connectivity index (χ4v) is 5.95. The van der Waals surface area contributed by atoms with Crippen molar-refractivity contribution in [2.45, 2.75) is 43.3 Å². The van der Waals surface area contributed by atoms with Crippen LogP contribution in [0.2, 0.25) is 0 Å². The first-order valence-electron chi connectivity index (χ1n) is 13.5. The number of amides is 2. The molecule has 0 bridgehead atoms. The van der Waals surface area contributed by atoms with E-state index in [9.17, 15) is 9.59 Å². The van der Waals surface area contributed by atoms with Crippen LogP contribution in [0.25, 0.3) is 0 Å². The summed E-state index contributed by atoms with van der Waals surface area (Å²) in [5.74, 6) is 0.911. The molecule has 2 heterocycles. The predicted octanol–water partition coefficient (Wildman–Crippen LogP) is 3.03. The molecule has 0 spiro atoms. The fourth-order valence-electron chi connectivity index (χ4n) is 5.67. The van der Waals surface area contributed by atoms with Crippen LogP contribution >= 0.6 is 12.2 Å². The van der Waals surface area contributed by atoms with Gasteiger partial charge in [-0.2, -0.15) is 0 Å². The number of carbonyl (C=O) groups is 2. The highest BCUT2D eigenvalue weighted by atomic mass is 32.1. The molecule has 1 atom stereocenters. The minimum absolute atomic E-state index is 0.0315. The van der Waals surface area contributed by atoms with Gasteiger partial charge >= 0.3 is 0 Å². The number of methoxy groups -OCH3 is 2. The van der Waals surface area contributed by atoms with Gasteiger partial charge in [-0.05, 0) is 62.6 Å². The zero-order chi connectivity index (χ0) is 27.6. The largest absolute Gasteiger partial charge is 0.497 e. The van der Waals surface area contributed by atoms with Gasteiger partial charge in [0.15, 0.2) is 5.11 Å². The van der Waals surface area contributed by atoms with E-state index in [4.69, 9.17) is 21.7 Å². The van der Waals surface area contributed by atoms with Crippen LogP contribution in [0.5, 0.6) is 11.5 Å². The van der Waals surface area contributed by atoms with Crippen molar-refractivity contribution in [1.82, 2.24) is 20.0 Å². The molecule has 0 radical (unpaired) electrons. The van der Waals surface area contributed by atoms with Crippen LogP contribution in [0.15, 0.2) is 48.5 Å². The summed E-state index contributed by atoms with van der Waals surface area (Å²) in [6, 6.07) is 15.5. The molecular weight excluding hydrogens is 514 g/mol. The highest BCUT2D eigenvalue weighted by molar-refractivity contribution is 7.80. The topological polar surface area (TPSA) is 86.4 Å². The molecule has 1 saturated carbocycles. The van der Waals surface area contributed by atoms with Crippen molar-refractivity contribution in [2.24, 2.45) is 0 Å². The quantitative estimate of drug-likeness (QED) is 0.460. The average Bonchev–Trinajstić information content (AvgIpc) is 3.72. The number of hydrogen-bond donors (Lipinski definition) is 2. The summed E-state index contributed by atoms with van der Waals surface area (Å²) in [5.41, 5.74) is 0.734. The summed E-state index contributed by atoms with van der Waals surface area (Å²) in [5, 5.41) is 7.03. The van der Waals surface area contributed by atoms with E-state index >= 15 is 0 Å². The molecule has 2 aromatic rings. The maximum Gasteiger partial charge on any atom is 0.250 e. The minimum atomic E-state index is -0.955. The van der Waals surface area contributed by atoms with Gasteiger partial charge in [-0.1, -0.05) is 30.3 Å². The van der Waals surface area contributed by atoms with E-state index in [1.54, 1.807) is 32.4 Å². The Balaban J connectivity index is 1.38. The molecule has 2 saturated heterocycles. The lowest BCUT2D eigenvalue weighted by Gasteiger charge is -2.47. The summed E-state index contributed by atoms with van der Waals surface area (Å²) in [6.45, 7) is 2.20. The first kappa shape index (κ1) is 27.2. The van der Waals surface area contributed by atoms with Crippen molar-refractivity contribution < 1.29 is 19.1 Å². The first-order valence-corrected chi connectivity index (χ1v) is 13.9. The molecule has 0 aromatic heterocycles. The fraction of sp³-hybridized carbons (Fsp3) is 0.483. The van der Waals surface area contributed by atoms with Crippen LogP contribution in [0.4, 0.5) is 5.69 Å². The van der Waals surface area contributed by atoms with Gasteiger partial charge in [0.2, 0.25) is 5.91 Å². The number of nitrogens with zero attached hydrogens (tertiary/aromatic N) is 3. The molecule has 9 nitrogen and oxygen atoms in total. The lowest BCUT2D eigenvalue weighted by Crippen LogP contribution is -2.65. The van der Waals surface area contributed by atoms with Crippen LogP contribution < -0.4 is 20.1 Å². The average molecular weight is 552 g/mol. The highest BCUT2D eigenvalue weighted by Crippen LogP contribution is 2.40. The van der Waals surface area contributed by atoms with Crippen LogP contribution in [0.3, 0.4) is 0 Å². The molecular formula is C29H37N5O4S. The third-order valence-corrected chi connectivity index (χ3v) is 8.43. The highest BCUT2D eigenvalue weighted by Gasteiger charge is 2.53. The first-order chi connectivity index (χ1) is 18.8. The van der Waals surface area contributed by atoms with E-state index in [0.717, 1.165) is 31.5 Å². The number of ether oxygens (including phenoxy) is 2. The van der Waals surface area contributed by atoms with Gasteiger partial charge in [0.05, 0.1) is 32.5 Å². The van der Waals surface area contributed by atoms with Gasteiger partial charge in [0.25, 0.3) is 5.91 Å². The van der Waals surface area contributed by atoms with Gasteiger partial charge in [-0.3, -0.25) is 9.59 Å². The number of benzene rings is 2. The van der Waals surface area contributed by atoms with Gasteiger partial charge in [0.1, 0.15) is 17.0 Å². The number of piperidine rings is 1. The van der Waals surface area contributed by atoms with Crippen LogP contribution in [0, 0.1) is 0 Å². The number of nitrogens with one attached hydrogen (secondary N) is 2. The van der Waals surface area contributed by atoms with Gasteiger partial charge in [-0.25, -0.2) is 0 Å². The monoisotopic (exact) mass is 551 g/mol. The number of rotatable bonds is 9. The molecule has 3 aliphatic rings. The Morgan fingerprint density at radius 3 is 2.46 bits per heavy atom. The SMILES string of the molecule is COc1ccc(NC(=O)C2(N(C(=O)CN3C[C@H](c4ccccc4)NC3=S)C3CC3)CCN(C)CC2)c(OC)c1. The van der Waals surface area contributed by atoms with Crippen molar-refractivity contribution in [3.8, 4) is 11.5 Å². The molecule has 2 amide bonds. The van der Waals surface area contributed by atoms with Crippen LogP contribution in [0.1, 0.15) is 37.3 Å². The molecule has 10 heteroatoms. The van der Waals surface area contributed by atoms with E-state index in [0.29, 0.717) is 41.7 Å². The number of thiocarbonyl (C=S) groups is 1. The molecule has 3 fully saturated rings. The zero-order valence-corrected chi connectivity index (χ0v) is 23.6. The molecule has 2 aliphatic heterocycles. The number of carbonyl (C=O) groups excluding carboxylic acids is 2. The Morgan fingerprint density at radius 2 is 1.82 bits per heavy atom. The Labute approximate surface area is 235 Å². The van der Waals surface area contributed by atoms with E-state index < -0.39 is 5.54 Å². The smallest absolute Gasteiger partial charge is 0.250 e. The Morgan fingerprint density at radius 1 is 1.10 bits per heavy atom. The maximum atomic E-state index is 14.2. The third-order valence-electron chi connectivity index (χ3n) is 8.05. The number of anilines is 1. The van der Waals surface area contributed by atoms with Gasteiger partial charge in [0, 0.05) is 31.7 Å². The molecule has 0 unspecified atom stereocenters. The standard InChI is InChI=1S/C29H37N5O4S/c1-32-15-13-29(14-16-32,27(36)30-23-12-11-22(37-2)17-25(23)38-3)34(21-9-10-21)26(35)19-33-18-24(31-28(33)39)20-7-5-4-6-8-20/h4-8,11-12,17,21,24H,9-10,13-16,18-19H2,1-3H3,(H,30,36)(H,31,39)/t24-/m1/s1. The normalized spacial score (nSPS) is 20.7. The molecule has 208 valence electrons. The lowest BCUT2D eigenvalue weighted by atomic mass is 9.84. The summed E-state index contributed by atoms with van der Waals surface area (Å²) >= 11 is 5.62. The zero-order valence-electron chi connectivity index (χ0n) is 22.8. The Hall–Kier alpha value is -3.37. The van der Waals surface area contributed by atoms with Crippen molar-refractivity contribution in [1.29, 1.82) is 0 Å². The van der Waals surface area contributed by atoms with E-state index in [1.165, 1.54) is 0 Å². The van der Waals surface area contributed by atoms with Crippen molar-refractivity contribution in [2.75, 3.05) is 52.8 Å². The molecule has 2 aromatic carbocycles. The number of hydrogen-bond acceptors (Lipinski definition) is 6. The van der Waals surface area contributed by atoms with Crippen molar-refractivity contribution in [3.05, 3.63) is 54.1 Å². The second-order valence-electron chi connectivity index (χ2n) is 10.6. The lowest BCUT2D eigenvalue weighted by molar-refractivity contribution is -0.149. The molecule has 2 N–H and O–H groups in total. The van der Waals surface area contributed by atoms with Crippen molar-refractivity contribution >= 4 is 34.8 Å². The van der Waals surface area contributed by atoms with Gasteiger partial charge in [-0.15, -0.1) is 0 Å². The summed E-state index contributed by atoms with van der Waals surface area (Å²) in [6.07, 6.45) is 2.92. The maximum absolute atomic E-state index is 14.2. The third kappa shape index (κ3) is 5.67. The number of likely N-dealkylation sites (tertiary alicyclic amines) is 1. The Kier molecular flexibility index (Phi) is 7.95. The summed E-state index contributed by atoms with van der Waals surface area (Å²) in [7, 11) is 5.20. The van der Waals surface area contributed by atoms with Crippen molar-refractivity contribution in [3.63, 3.8) is 0 Å². The van der Waals surface area contributed by atoms with E-state index in [2.05, 4.69) is 34.7 Å².